The molecule has 2 N–H and O–H groups in total. The molecule has 0 bridgehead atoms. The van der Waals surface area contributed by atoms with Gasteiger partial charge in [-0.2, -0.15) is 0 Å². The summed E-state index contributed by atoms with van der Waals surface area (Å²) in [5, 5.41) is 1.11. The summed E-state index contributed by atoms with van der Waals surface area (Å²) in [6.45, 7) is 4.41. The summed E-state index contributed by atoms with van der Waals surface area (Å²) < 4.78 is 29.2. The predicted molar refractivity (Wildman–Crippen MR) is 123 cm³/mol. The first-order valence-electron chi connectivity index (χ1n) is 9.89. The maximum atomic E-state index is 13.8. The number of carbonyl (C=O) groups is 1. The number of rotatable bonds is 4. The average Bonchev–Trinajstić information content (AvgIpc) is 3.16. The van der Waals surface area contributed by atoms with Gasteiger partial charge in [0.15, 0.2) is 0 Å². The number of imidazole rings is 1. The van der Waals surface area contributed by atoms with Crippen LogP contribution < -0.4 is 5.73 Å². The summed E-state index contributed by atoms with van der Waals surface area (Å²) in [7, 11) is -1.66. The Kier molecular flexibility index (Phi) is 6.15. The van der Waals surface area contributed by atoms with E-state index in [0.717, 1.165) is 0 Å². The lowest BCUT2D eigenvalue weighted by Crippen LogP contribution is -2.53. The molecule has 0 radical (unpaired) electrons. The average molecular weight is 495 g/mol. The van der Waals surface area contributed by atoms with Crippen molar-refractivity contribution >= 4 is 39.9 Å². The van der Waals surface area contributed by atoms with E-state index in [-0.39, 0.29) is 18.3 Å². The van der Waals surface area contributed by atoms with Crippen molar-refractivity contribution in [2.75, 3.05) is 13.1 Å². The Morgan fingerprint density at radius 3 is 2.47 bits per heavy atom. The molecule has 1 atom stereocenters. The highest BCUT2D eigenvalue weighted by atomic mass is 35.5. The molecular formula is C22H21Cl2FN4O2S. The van der Waals surface area contributed by atoms with Crippen LogP contribution in [0, 0.1) is 5.82 Å². The van der Waals surface area contributed by atoms with Crippen LogP contribution >= 0.6 is 23.2 Å². The maximum Gasteiger partial charge on any atom is 0.237 e. The van der Waals surface area contributed by atoms with Crippen LogP contribution in [0.15, 0.2) is 52.4 Å². The zero-order valence-electron chi connectivity index (χ0n) is 17.4. The smallest absolute Gasteiger partial charge is 0.237 e. The molecule has 0 saturated carbocycles. The van der Waals surface area contributed by atoms with E-state index in [4.69, 9.17) is 33.9 Å². The number of amides is 1. The van der Waals surface area contributed by atoms with Crippen LogP contribution in [-0.4, -0.2) is 37.7 Å². The highest BCUT2D eigenvalue weighted by molar-refractivity contribution is 7.85. The Morgan fingerprint density at radius 1 is 1.16 bits per heavy atom. The third kappa shape index (κ3) is 3.85. The van der Waals surface area contributed by atoms with Gasteiger partial charge in [0.25, 0.3) is 0 Å². The number of halogens is 3. The van der Waals surface area contributed by atoms with E-state index in [1.165, 1.54) is 12.1 Å². The van der Waals surface area contributed by atoms with Crippen molar-refractivity contribution in [1.82, 2.24) is 14.5 Å². The first-order chi connectivity index (χ1) is 15.1. The Balaban J connectivity index is 1.93. The molecule has 0 fully saturated rings. The summed E-state index contributed by atoms with van der Waals surface area (Å²) in [5.41, 5.74) is 5.89. The monoisotopic (exact) mass is 494 g/mol. The normalized spacial score (nSPS) is 16.0. The fraction of sp³-hybridized carbons (Fsp3) is 0.273. The van der Waals surface area contributed by atoms with E-state index in [9.17, 15) is 13.4 Å². The van der Waals surface area contributed by atoms with Gasteiger partial charge in [0.2, 0.25) is 5.91 Å². The molecule has 1 aliphatic heterocycles. The molecule has 1 aliphatic rings. The number of hydrogen-bond acceptors (Lipinski definition) is 4. The highest BCUT2D eigenvalue weighted by Crippen LogP contribution is 2.39. The second kappa shape index (κ2) is 8.59. The minimum absolute atomic E-state index is 0.114. The van der Waals surface area contributed by atoms with Gasteiger partial charge in [-0.05, 0) is 56.3 Å². The first-order valence-corrected chi connectivity index (χ1v) is 11.8. The van der Waals surface area contributed by atoms with Crippen LogP contribution in [0.4, 0.5) is 4.39 Å². The van der Waals surface area contributed by atoms with Gasteiger partial charge in [-0.15, -0.1) is 0 Å². The number of fused-ring (bicyclic) bond motifs is 1. The molecule has 0 aliphatic carbocycles. The minimum atomic E-state index is -1.66. The van der Waals surface area contributed by atoms with E-state index in [2.05, 4.69) is 0 Å². The molecule has 1 aromatic heterocycles. The highest BCUT2D eigenvalue weighted by Gasteiger charge is 2.42. The summed E-state index contributed by atoms with van der Waals surface area (Å²) in [6, 6.07) is 10.6. The number of nitrogens with two attached hydrogens (primary N) is 1. The molecule has 1 unspecified atom stereocenters. The quantitative estimate of drug-likeness (QED) is 0.589. The fourth-order valence-electron chi connectivity index (χ4n) is 3.95. The van der Waals surface area contributed by atoms with Gasteiger partial charge >= 0.3 is 0 Å². The van der Waals surface area contributed by atoms with Crippen molar-refractivity contribution in [2.45, 2.75) is 35.9 Å². The van der Waals surface area contributed by atoms with Crippen molar-refractivity contribution in [1.29, 1.82) is 0 Å². The Labute approximate surface area is 197 Å². The third-order valence-corrected chi connectivity index (χ3v) is 7.75. The second-order valence-corrected chi connectivity index (χ2v) is 10.1. The summed E-state index contributed by atoms with van der Waals surface area (Å²) in [6.07, 6.45) is 0. The van der Waals surface area contributed by atoms with E-state index in [0.29, 0.717) is 50.1 Å². The summed E-state index contributed by atoms with van der Waals surface area (Å²) >= 11 is 12.2. The Hall–Kier alpha value is -2.26. The topological polar surface area (TPSA) is 81.2 Å². The zero-order chi connectivity index (χ0) is 23.2. The van der Waals surface area contributed by atoms with Crippen molar-refractivity contribution < 1.29 is 13.4 Å². The molecule has 0 spiro atoms. The van der Waals surface area contributed by atoms with Crippen molar-refractivity contribution in [3.63, 3.8) is 0 Å². The number of benzene rings is 2. The lowest BCUT2D eigenvalue weighted by Gasteiger charge is -2.42. The largest absolute Gasteiger partial charge is 0.327 e. The fourth-order valence-corrected chi connectivity index (χ4v) is 5.67. The maximum absolute atomic E-state index is 13.8. The minimum Gasteiger partial charge on any atom is -0.327 e. The van der Waals surface area contributed by atoms with E-state index in [1.54, 1.807) is 35.2 Å². The number of nitrogens with zero attached hydrogens (tertiary/aromatic N) is 3. The van der Waals surface area contributed by atoms with Crippen LogP contribution in [0.1, 0.15) is 19.7 Å². The van der Waals surface area contributed by atoms with Crippen molar-refractivity contribution in [3.05, 3.63) is 64.2 Å². The van der Waals surface area contributed by atoms with Crippen molar-refractivity contribution in [2.24, 2.45) is 5.73 Å². The Morgan fingerprint density at radius 2 is 1.84 bits per heavy atom. The van der Waals surface area contributed by atoms with Gasteiger partial charge in [0, 0.05) is 23.5 Å². The Bertz CT molecular complexity index is 1230. The van der Waals surface area contributed by atoms with Crippen LogP contribution in [0.5, 0.6) is 0 Å². The van der Waals surface area contributed by atoms with Crippen LogP contribution in [0.25, 0.3) is 11.3 Å². The lowest BCUT2D eigenvalue weighted by atomic mass is 9.99. The molecule has 168 valence electrons. The molecule has 2 aromatic carbocycles. The van der Waals surface area contributed by atoms with Crippen LogP contribution in [0.3, 0.4) is 0 Å². The lowest BCUT2D eigenvalue weighted by molar-refractivity contribution is -0.137. The van der Waals surface area contributed by atoms with E-state index >= 15 is 0 Å². The molecule has 1 amide bonds. The van der Waals surface area contributed by atoms with Crippen molar-refractivity contribution in [3.8, 4) is 11.3 Å². The van der Waals surface area contributed by atoms with Crippen LogP contribution in [-0.2, 0) is 27.7 Å². The second-order valence-electron chi connectivity index (χ2n) is 7.90. The number of hydrogen-bond donors (Lipinski definition) is 1. The SMILES string of the molecule is CC1(C)c2nc(-c3ccc(F)cc3)c(S(=O)c3ccc(Cl)c(Cl)c3)n2CCN1C(=O)CN. The standard InChI is InChI=1S/C22H21Cl2FN4O2S/c1-22(2)21-27-19(13-3-5-14(25)6-4-13)20(28(21)9-10-29(22)18(30)12-26)32(31)15-7-8-16(23)17(24)11-15/h3-8,11H,9-10,12,26H2,1-2H3. The van der Waals surface area contributed by atoms with Gasteiger partial charge in [-0.25, -0.2) is 13.6 Å². The molecule has 3 aromatic rings. The van der Waals surface area contributed by atoms with Gasteiger partial charge < -0.3 is 15.2 Å². The first kappa shape index (κ1) is 22.9. The number of aromatic nitrogens is 2. The third-order valence-electron chi connectivity index (χ3n) is 5.56. The van der Waals surface area contributed by atoms with Gasteiger partial charge in [0.05, 0.1) is 22.1 Å². The molecule has 6 nitrogen and oxygen atoms in total. The van der Waals surface area contributed by atoms with Crippen LogP contribution in [0.2, 0.25) is 10.0 Å². The molecular weight excluding hydrogens is 474 g/mol. The molecule has 4 rings (SSSR count). The van der Waals surface area contributed by atoms with Gasteiger partial charge in [0.1, 0.15) is 33.2 Å². The molecule has 32 heavy (non-hydrogen) atoms. The predicted octanol–water partition coefficient (Wildman–Crippen LogP) is 4.20. The van der Waals surface area contributed by atoms with E-state index < -0.39 is 16.3 Å². The zero-order valence-corrected chi connectivity index (χ0v) is 19.8. The molecule has 2 heterocycles. The molecule has 10 heteroatoms. The van der Waals surface area contributed by atoms with E-state index in [1.807, 2.05) is 18.4 Å². The van der Waals surface area contributed by atoms with Gasteiger partial charge in [-0.3, -0.25) is 4.79 Å². The number of carbonyl (C=O) groups excluding carboxylic acids is 1. The molecule has 0 saturated heterocycles. The summed E-state index contributed by atoms with van der Waals surface area (Å²) in [5.74, 6) is -0.00190. The van der Waals surface area contributed by atoms with Gasteiger partial charge in [-0.1, -0.05) is 23.2 Å². The summed E-state index contributed by atoms with van der Waals surface area (Å²) in [4.78, 5) is 19.4.